The quantitative estimate of drug-likeness (QED) is 0.407. The van der Waals surface area contributed by atoms with E-state index in [1.807, 2.05) is 12.1 Å². The minimum absolute atomic E-state index is 0.0574. The SMILES string of the molecule is C[C@H](Oc1ccnc(-c2noc3c2CCCCC3CCCc2cc(C#N)c(N)s2)n1)C1CCCN1C. The fourth-order valence-electron chi connectivity index (χ4n) is 5.67. The molecular weight excluding hydrogens is 472 g/mol. The molecule has 3 atom stereocenters. The first-order valence-electron chi connectivity index (χ1n) is 13.0. The lowest BCUT2D eigenvalue weighted by Gasteiger charge is -2.26. The molecule has 5 rings (SSSR count). The lowest BCUT2D eigenvalue weighted by molar-refractivity contribution is 0.117. The van der Waals surface area contributed by atoms with Crippen molar-refractivity contribution in [2.45, 2.75) is 82.8 Å². The Morgan fingerprint density at radius 2 is 2.22 bits per heavy atom. The maximum absolute atomic E-state index is 9.16. The second-order valence-electron chi connectivity index (χ2n) is 10.0. The van der Waals surface area contributed by atoms with Crippen LogP contribution in [0.3, 0.4) is 0 Å². The van der Waals surface area contributed by atoms with Crippen LogP contribution in [-0.4, -0.2) is 45.8 Å². The van der Waals surface area contributed by atoms with Gasteiger partial charge >= 0.3 is 0 Å². The summed E-state index contributed by atoms with van der Waals surface area (Å²) in [5.41, 5.74) is 8.41. The van der Waals surface area contributed by atoms with Crippen molar-refractivity contribution in [1.82, 2.24) is 20.0 Å². The summed E-state index contributed by atoms with van der Waals surface area (Å²) in [6, 6.07) is 6.32. The molecule has 0 spiro atoms. The highest BCUT2D eigenvalue weighted by atomic mass is 32.1. The average Bonchev–Trinajstić information content (AvgIpc) is 3.55. The first-order chi connectivity index (χ1) is 17.5. The van der Waals surface area contributed by atoms with Gasteiger partial charge < -0.3 is 15.0 Å². The number of rotatable bonds is 8. The van der Waals surface area contributed by atoms with Gasteiger partial charge in [-0.3, -0.25) is 4.90 Å². The summed E-state index contributed by atoms with van der Waals surface area (Å²) in [5, 5.41) is 14.2. The molecule has 8 nitrogen and oxygen atoms in total. The predicted molar refractivity (Wildman–Crippen MR) is 140 cm³/mol. The number of nitrogens with zero attached hydrogens (tertiary/aromatic N) is 5. The monoisotopic (exact) mass is 506 g/mol. The summed E-state index contributed by atoms with van der Waals surface area (Å²) >= 11 is 1.52. The smallest absolute Gasteiger partial charge is 0.217 e. The molecule has 0 amide bonds. The Labute approximate surface area is 216 Å². The van der Waals surface area contributed by atoms with Crippen molar-refractivity contribution < 1.29 is 9.26 Å². The van der Waals surface area contributed by atoms with Crippen molar-refractivity contribution in [3.63, 3.8) is 0 Å². The number of likely N-dealkylation sites (N-methyl/N-ethyl adjacent to an activating group) is 1. The summed E-state index contributed by atoms with van der Waals surface area (Å²) in [6.45, 7) is 3.23. The Bertz CT molecular complexity index is 1230. The van der Waals surface area contributed by atoms with Gasteiger partial charge in [-0.25, -0.2) is 4.98 Å². The van der Waals surface area contributed by atoms with Crippen LogP contribution in [-0.2, 0) is 12.8 Å². The molecule has 3 aromatic rings. The van der Waals surface area contributed by atoms with Gasteiger partial charge in [0, 0.05) is 34.7 Å². The summed E-state index contributed by atoms with van der Waals surface area (Å²) in [7, 11) is 2.16. The van der Waals surface area contributed by atoms with Crippen molar-refractivity contribution in [3.05, 3.63) is 40.1 Å². The van der Waals surface area contributed by atoms with Gasteiger partial charge in [-0.2, -0.15) is 10.2 Å². The highest BCUT2D eigenvalue weighted by Gasteiger charge is 2.30. The number of hydrogen-bond donors (Lipinski definition) is 1. The van der Waals surface area contributed by atoms with Crippen LogP contribution in [0.25, 0.3) is 11.5 Å². The number of nitriles is 1. The first-order valence-corrected chi connectivity index (χ1v) is 13.8. The van der Waals surface area contributed by atoms with Crippen LogP contribution in [0.1, 0.15) is 79.6 Å². The number of fused-ring (bicyclic) bond motifs is 1. The van der Waals surface area contributed by atoms with Crippen LogP contribution < -0.4 is 10.5 Å². The molecule has 9 heteroatoms. The number of ether oxygens (including phenoxy) is 1. The maximum atomic E-state index is 9.16. The molecule has 36 heavy (non-hydrogen) atoms. The molecule has 2 aliphatic rings. The molecule has 1 fully saturated rings. The predicted octanol–water partition coefficient (Wildman–Crippen LogP) is 5.34. The first kappa shape index (κ1) is 24.7. The standard InChI is InChI=1S/C27H34N6O2S/c1-17(22-11-6-14-33(22)2)34-23-12-13-30-27(31-23)24-21-10-4-3-7-18(25(21)35-32-24)8-5-9-20-15-19(16-28)26(29)36-20/h12-13,15,17-18,22H,3-11,14,29H2,1-2H3/t17-,18?,22?/m0/s1. The van der Waals surface area contributed by atoms with E-state index in [0.29, 0.717) is 34.2 Å². The average molecular weight is 507 g/mol. The molecule has 0 aromatic carbocycles. The van der Waals surface area contributed by atoms with Crippen molar-refractivity contribution in [2.75, 3.05) is 19.3 Å². The molecule has 2 unspecified atom stereocenters. The Balaban J connectivity index is 1.29. The third kappa shape index (κ3) is 5.25. The van der Waals surface area contributed by atoms with Gasteiger partial charge in [-0.15, -0.1) is 11.3 Å². The van der Waals surface area contributed by atoms with E-state index in [-0.39, 0.29) is 6.10 Å². The molecule has 0 radical (unpaired) electrons. The van der Waals surface area contributed by atoms with Crippen molar-refractivity contribution in [3.8, 4) is 23.5 Å². The fraction of sp³-hybridized carbons (Fsp3) is 0.556. The molecule has 3 aromatic heterocycles. The second-order valence-corrected chi connectivity index (χ2v) is 11.2. The van der Waals surface area contributed by atoms with Gasteiger partial charge in [0.1, 0.15) is 22.9 Å². The van der Waals surface area contributed by atoms with Crippen molar-refractivity contribution >= 4 is 16.3 Å². The van der Waals surface area contributed by atoms with E-state index in [4.69, 9.17) is 25.2 Å². The largest absolute Gasteiger partial charge is 0.473 e. The van der Waals surface area contributed by atoms with E-state index in [9.17, 15) is 0 Å². The summed E-state index contributed by atoms with van der Waals surface area (Å²) < 4.78 is 12.2. The molecule has 1 aliphatic carbocycles. The van der Waals surface area contributed by atoms with E-state index in [1.54, 1.807) is 6.20 Å². The lowest BCUT2D eigenvalue weighted by atomic mass is 9.93. The minimum Gasteiger partial charge on any atom is -0.473 e. The third-order valence-corrected chi connectivity index (χ3v) is 8.62. The minimum atomic E-state index is 0.0574. The number of anilines is 1. The van der Waals surface area contributed by atoms with Gasteiger partial charge in [-0.1, -0.05) is 11.6 Å². The summed E-state index contributed by atoms with van der Waals surface area (Å²) in [6.07, 6.45) is 11.4. The topological polar surface area (TPSA) is 114 Å². The van der Waals surface area contributed by atoms with Crippen LogP contribution in [0.2, 0.25) is 0 Å². The number of hydrogen-bond acceptors (Lipinski definition) is 9. The van der Waals surface area contributed by atoms with Crippen molar-refractivity contribution in [2.24, 2.45) is 0 Å². The number of thiophene rings is 1. The lowest BCUT2D eigenvalue weighted by Crippen LogP contribution is -2.38. The normalized spacial score (nSPS) is 21.0. The number of nitrogen functional groups attached to an aromatic ring is 1. The Hall–Kier alpha value is -2.96. The van der Waals surface area contributed by atoms with Crippen LogP contribution in [0.4, 0.5) is 5.00 Å². The van der Waals surface area contributed by atoms with Gasteiger partial charge in [0.25, 0.3) is 0 Å². The maximum Gasteiger partial charge on any atom is 0.217 e. The Morgan fingerprint density at radius 3 is 3.00 bits per heavy atom. The van der Waals surface area contributed by atoms with Crippen LogP contribution >= 0.6 is 11.3 Å². The molecule has 2 N–H and O–H groups in total. The summed E-state index contributed by atoms with van der Waals surface area (Å²) in [5.74, 6) is 2.47. The van der Waals surface area contributed by atoms with Gasteiger partial charge in [0.2, 0.25) is 5.88 Å². The van der Waals surface area contributed by atoms with E-state index < -0.39 is 0 Å². The van der Waals surface area contributed by atoms with Gasteiger partial charge in [0.05, 0.1) is 5.56 Å². The highest BCUT2D eigenvalue weighted by Crippen LogP contribution is 2.38. The van der Waals surface area contributed by atoms with Gasteiger partial charge in [-0.05, 0) is 77.9 Å². The molecule has 1 saturated heterocycles. The molecule has 1 aliphatic heterocycles. The van der Waals surface area contributed by atoms with Crippen molar-refractivity contribution in [1.29, 1.82) is 5.26 Å². The molecule has 0 bridgehead atoms. The van der Waals surface area contributed by atoms with Crippen LogP contribution in [0.5, 0.6) is 5.88 Å². The Kier molecular flexibility index (Phi) is 7.54. The molecule has 0 saturated carbocycles. The molecular formula is C27H34N6O2S. The third-order valence-electron chi connectivity index (χ3n) is 7.59. The zero-order valence-electron chi connectivity index (χ0n) is 21.1. The molecule has 190 valence electrons. The van der Waals surface area contributed by atoms with Gasteiger partial charge in [0.15, 0.2) is 11.5 Å². The number of aromatic nitrogens is 3. The zero-order chi connectivity index (χ0) is 25.1. The highest BCUT2D eigenvalue weighted by molar-refractivity contribution is 7.16. The number of nitrogens with two attached hydrogens (primary N) is 1. The zero-order valence-corrected chi connectivity index (χ0v) is 21.9. The van der Waals surface area contributed by atoms with Crippen LogP contribution in [0, 0.1) is 11.3 Å². The van der Waals surface area contributed by atoms with E-state index >= 15 is 0 Å². The number of aryl methyl sites for hydroxylation is 1. The Morgan fingerprint density at radius 1 is 1.33 bits per heavy atom. The number of likely N-dealkylation sites (tertiary alicyclic amines) is 1. The van der Waals surface area contributed by atoms with Crippen LogP contribution in [0.15, 0.2) is 22.9 Å². The second kappa shape index (κ2) is 11.0. The molecule has 4 heterocycles. The van der Waals surface area contributed by atoms with E-state index in [2.05, 4.69) is 35.1 Å². The fourth-order valence-corrected chi connectivity index (χ4v) is 6.59. The van der Waals surface area contributed by atoms with E-state index in [1.165, 1.54) is 22.6 Å². The van der Waals surface area contributed by atoms with E-state index in [0.717, 1.165) is 74.9 Å². The summed E-state index contributed by atoms with van der Waals surface area (Å²) in [4.78, 5) is 12.8.